The third-order valence-electron chi connectivity index (χ3n) is 3.13. The molecule has 2 nitrogen and oxygen atoms in total. The lowest BCUT2D eigenvalue weighted by molar-refractivity contribution is -0.148. The first-order valence-electron chi connectivity index (χ1n) is 6.03. The predicted molar refractivity (Wildman–Crippen MR) is 62.6 cm³/mol. The SMILES string of the molecule is C=C(C)C(=O)OC1(C#CC2CC2)CCCC1. The Hall–Kier alpha value is -1.23. The Morgan fingerprint density at radius 2 is 2.00 bits per heavy atom. The van der Waals surface area contributed by atoms with Crippen molar-refractivity contribution in [1.82, 2.24) is 0 Å². The third-order valence-corrected chi connectivity index (χ3v) is 3.13. The molecule has 0 saturated heterocycles. The summed E-state index contributed by atoms with van der Waals surface area (Å²) in [6.45, 7) is 5.29. The van der Waals surface area contributed by atoms with Gasteiger partial charge in [0.15, 0.2) is 5.60 Å². The molecule has 0 aromatic heterocycles. The van der Waals surface area contributed by atoms with Crippen LogP contribution >= 0.6 is 0 Å². The van der Waals surface area contributed by atoms with Gasteiger partial charge in [-0.3, -0.25) is 0 Å². The summed E-state index contributed by atoms with van der Waals surface area (Å²) in [5, 5.41) is 0. The minimum Gasteiger partial charge on any atom is -0.442 e. The van der Waals surface area contributed by atoms with Crippen molar-refractivity contribution in [3.05, 3.63) is 12.2 Å². The Labute approximate surface area is 97.1 Å². The zero-order valence-corrected chi connectivity index (χ0v) is 9.84. The molecule has 0 atom stereocenters. The van der Waals surface area contributed by atoms with Gasteiger partial charge in [-0.25, -0.2) is 4.79 Å². The van der Waals surface area contributed by atoms with Crippen LogP contribution < -0.4 is 0 Å². The van der Waals surface area contributed by atoms with Crippen molar-refractivity contribution >= 4 is 5.97 Å². The standard InChI is InChI=1S/C14H18O2/c1-11(2)13(15)16-14(8-3-4-9-14)10-7-12-5-6-12/h12H,1,3-6,8-9H2,2H3. The lowest BCUT2D eigenvalue weighted by Crippen LogP contribution is -2.30. The first-order valence-corrected chi connectivity index (χ1v) is 6.03. The molecular formula is C14H18O2. The summed E-state index contributed by atoms with van der Waals surface area (Å²) in [6, 6.07) is 0. The molecule has 2 heteroatoms. The van der Waals surface area contributed by atoms with Crippen LogP contribution in [0.4, 0.5) is 0 Å². The van der Waals surface area contributed by atoms with E-state index in [1.54, 1.807) is 6.92 Å². The maximum absolute atomic E-state index is 11.6. The first kappa shape index (κ1) is 11.3. The van der Waals surface area contributed by atoms with E-state index >= 15 is 0 Å². The highest BCUT2D eigenvalue weighted by Crippen LogP contribution is 2.35. The fraction of sp³-hybridized carbons (Fsp3) is 0.643. The highest BCUT2D eigenvalue weighted by Gasteiger charge is 2.36. The summed E-state index contributed by atoms with van der Waals surface area (Å²) < 4.78 is 5.53. The van der Waals surface area contributed by atoms with Gasteiger partial charge in [-0.15, -0.1) is 0 Å². The van der Waals surface area contributed by atoms with E-state index in [0.717, 1.165) is 25.7 Å². The van der Waals surface area contributed by atoms with Gasteiger partial charge < -0.3 is 4.74 Å². The van der Waals surface area contributed by atoms with Gasteiger partial charge in [0, 0.05) is 11.5 Å². The second-order valence-electron chi connectivity index (χ2n) is 4.91. The highest BCUT2D eigenvalue weighted by molar-refractivity contribution is 5.87. The molecule has 16 heavy (non-hydrogen) atoms. The smallest absolute Gasteiger partial charge is 0.334 e. The van der Waals surface area contributed by atoms with E-state index in [2.05, 4.69) is 18.4 Å². The summed E-state index contributed by atoms with van der Waals surface area (Å²) in [5.41, 5.74) is -0.0435. The van der Waals surface area contributed by atoms with E-state index in [0.29, 0.717) is 11.5 Å². The summed E-state index contributed by atoms with van der Waals surface area (Å²) in [7, 11) is 0. The third kappa shape index (κ3) is 2.66. The van der Waals surface area contributed by atoms with E-state index in [4.69, 9.17) is 4.74 Å². The van der Waals surface area contributed by atoms with Crippen molar-refractivity contribution < 1.29 is 9.53 Å². The molecule has 0 spiro atoms. The lowest BCUT2D eigenvalue weighted by Gasteiger charge is -2.23. The average Bonchev–Trinajstić information content (AvgIpc) is 2.97. The summed E-state index contributed by atoms with van der Waals surface area (Å²) in [4.78, 5) is 11.6. The van der Waals surface area contributed by atoms with Crippen LogP contribution in [0.2, 0.25) is 0 Å². The number of ether oxygens (including phenoxy) is 1. The second-order valence-corrected chi connectivity index (χ2v) is 4.91. The normalized spacial score (nSPS) is 22.1. The molecule has 0 radical (unpaired) electrons. The number of hydrogen-bond acceptors (Lipinski definition) is 2. The molecule has 0 amide bonds. The second kappa shape index (κ2) is 4.33. The number of carbonyl (C=O) groups excluding carboxylic acids is 1. The van der Waals surface area contributed by atoms with Gasteiger partial charge in [-0.05, 0) is 45.4 Å². The topological polar surface area (TPSA) is 26.3 Å². The number of carbonyl (C=O) groups is 1. The molecular weight excluding hydrogens is 200 g/mol. The average molecular weight is 218 g/mol. The van der Waals surface area contributed by atoms with E-state index in [9.17, 15) is 4.79 Å². The van der Waals surface area contributed by atoms with Crippen molar-refractivity contribution in [2.24, 2.45) is 5.92 Å². The summed E-state index contributed by atoms with van der Waals surface area (Å²) in [6.07, 6.45) is 6.37. The quantitative estimate of drug-likeness (QED) is 0.405. The molecule has 0 aromatic carbocycles. The van der Waals surface area contributed by atoms with Crippen molar-refractivity contribution in [3.63, 3.8) is 0 Å². The van der Waals surface area contributed by atoms with Crippen LogP contribution in [0.5, 0.6) is 0 Å². The first-order chi connectivity index (χ1) is 7.61. The maximum Gasteiger partial charge on any atom is 0.334 e. The van der Waals surface area contributed by atoms with Gasteiger partial charge >= 0.3 is 5.97 Å². The zero-order valence-electron chi connectivity index (χ0n) is 9.84. The van der Waals surface area contributed by atoms with Gasteiger partial charge in [0.2, 0.25) is 0 Å². The number of esters is 1. The molecule has 2 rings (SSSR count). The Morgan fingerprint density at radius 1 is 1.38 bits per heavy atom. The van der Waals surface area contributed by atoms with Crippen LogP contribution in [-0.4, -0.2) is 11.6 Å². The Balaban J connectivity index is 2.06. The molecule has 2 saturated carbocycles. The minimum absolute atomic E-state index is 0.299. The van der Waals surface area contributed by atoms with Gasteiger partial charge in [0.05, 0.1) is 0 Å². The fourth-order valence-corrected chi connectivity index (χ4v) is 1.92. The van der Waals surface area contributed by atoms with E-state index in [1.165, 1.54) is 12.8 Å². The summed E-state index contributed by atoms with van der Waals surface area (Å²) >= 11 is 0. The van der Waals surface area contributed by atoms with E-state index < -0.39 is 5.60 Å². The molecule has 0 N–H and O–H groups in total. The van der Waals surface area contributed by atoms with Gasteiger partial charge in [-0.1, -0.05) is 18.4 Å². The lowest BCUT2D eigenvalue weighted by atomic mass is 10.0. The Bertz CT molecular complexity index is 360. The number of rotatable bonds is 2. The Kier molecular flexibility index (Phi) is 3.05. The van der Waals surface area contributed by atoms with Crippen molar-refractivity contribution in [2.45, 2.75) is 51.0 Å². The molecule has 2 aliphatic rings. The monoisotopic (exact) mass is 218 g/mol. The van der Waals surface area contributed by atoms with Crippen LogP contribution in [0.1, 0.15) is 45.4 Å². The van der Waals surface area contributed by atoms with Crippen molar-refractivity contribution in [3.8, 4) is 11.8 Å². The molecule has 0 heterocycles. The maximum atomic E-state index is 11.6. The van der Waals surface area contributed by atoms with Crippen LogP contribution in [0.15, 0.2) is 12.2 Å². The fourth-order valence-electron chi connectivity index (χ4n) is 1.92. The van der Waals surface area contributed by atoms with E-state index in [1.807, 2.05) is 0 Å². The largest absolute Gasteiger partial charge is 0.442 e. The van der Waals surface area contributed by atoms with Gasteiger partial charge in [0.1, 0.15) is 0 Å². The predicted octanol–water partition coefficient (Wildman–Crippen LogP) is 2.83. The summed E-state index contributed by atoms with van der Waals surface area (Å²) in [5.74, 6) is 6.69. The van der Waals surface area contributed by atoms with Crippen molar-refractivity contribution in [2.75, 3.05) is 0 Å². The molecule has 0 aliphatic heterocycles. The Morgan fingerprint density at radius 3 is 2.50 bits per heavy atom. The molecule has 2 fully saturated rings. The van der Waals surface area contributed by atoms with Crippen LogP contribution in [0.3, 0.4) is 0 Å². The molecule has 86 valence electrons. The van der Waals surface area contributed by atoms with Crippen LogP contribution in [0.25, 0.3) is 0 Å². The highest BCUT2D eigenvalue weighted by atomic mass is 16.6. The minimum atomic E-state index is -0.501. The molecule has 0 aromatic rings. The zero-order chi connectivity index (χ0) is 11.6. The van der Waals surface area contributed by atoms with Crippen LogP contribution in [0, 0.1) is 17.8 Å². The van der Waals surface area contributed by atoms with Gasteiger partial charge in [0.25, 0.3) is 0 Å². The molecule has 0 bridgehead atoms. The molecule has 2 aliphatic carbocycles. The number of hydrogen-bond donors (Lipinski definition) is 0. The van der Waals surface area contributed by atoms with Gasteiger partial charge in [-0.2, -0.15) is 0 Å². The van der Waals surface area contributed by atoms with E-state index in [-0.39, 0.29) is 5.97 Å². The molecule has 0 unspecified atom stereocenters. The van der Waals surface area contributed by atoms with Crippen molar-refractivity contribution in [1.29, 1.82) is 0 Å². The van der Waals surface area contributed by atoms with Crippen LogP contribution in [-0.2, 0) is 9.53 Å².